The summed E-state index contributed by atoms with van der Waals surface area (Å²) in [6.07, 6.45) is 6.49. The number of nitrogens with zero attached hydrogens (tertiary/aromatic N) is 4. The van der Waals surface area contributed by atoms with Crippen LogP contribution in [0.2, 0.25) is 0 Å². The molecule has 1 aliphatic heterocycles. The minimum absolute atomic E-state index is 0. The quantitative estimate of drug-likeness (QED) is 0.214. The third kappa shape index (κ3) is 9.17. The number of aromatic nitrogens is 1. The highest BCUT2D eigenvalue weighted by molar-refractivity contribution is 14.0. The normalized spacial score (nSPS) is 15.2. The van der Waals surface area contributed by atoms with Gasteiger partial charge in [0.2, 0.25) is 0 Å². The standard InChI is InChI=1S/C20H36N6S.HI/c1-4-21-20(23-9-6-7-15-27-3)24-17-18-8-10-22-19(16-18)26-13-11-25(5-2)12-14-26;/h8,10,16H,4-7,9,11-15,17H2,1-3H3,(H2,21,23,24);1H. The number of hydrogen-bond acceptors (Lipinski definition) is 5. The fourth-order valence-corrected chi connectivity index (χ4v) is 3.61. The van der Waals surface area contributed by atoms with Crippen LogP contribution in [0.25, 0.3) is 0 Å². The molecule has 1 aromatic heterocycles. The van der Waals surface area contributed by atoms with Gasteiger partial charge in [-0.2, -0.15) is 11.8 Å². The second-order valence-electron chi connectivity index (χ2n) is 6.77. The molecule has 1 aromatic rings. The lowest BCUT2D eigenvalue weighted by atomic mass is 10.2. The van der Waals surface area contributed by atoms with Crippen molar-refractivity contribution in [3.8, 4) is 0 Å². The number of thioether (sulfide) groups is 1. The number of guanidine groups is 1. The summed E-state index contributed by atoms with van der Waals surface area (Å²) < 4.78 is 0. The maximum absolute atomic E-state index is 4.75. The fourth-order valence-electron chi connectivity index (χ4n) is 3.12. The second-order valence-corrected chi connectivity index (χ2v) is 7.75. The third-order valence-corrected chi connectivity index (χ3v) is 5.48. The highest BCUT2D eigenvalue weighted by atomic mass is 127. The minimum Gasteiger partial charge on any atom is -0.357 e. The molecule has 160 valence electrons. The molecule has 0 unspecified atom stereocenters. The summed E-state index contributed by atoms with van der Waals surface area (Å²) in [6, 6.07) is 4.25. The Balaban J connectivity index is 0.00000392. The molecule has 0 saturated carbocycles. The van der Waals surface area contributed by atoms with Crippen molar-refractivity contribution in [1.29, 1.82) is 0 Å². The smallest absolute Gasteiger partial charge is 0.191 e. The van der Waals surface area contributed by atoms with Crippen molar-refractivity contribution in [3.63, 3.8) is 0 Å². The molecule has 0 aromatic carbocycles. The zero-order chi connectivity index (χ0) is 19.3. The zero-order valence-corrected chi connectivity index (χ0v) is 20.8. The van der Waals surface area contributed by atoms with Gasteiger partial charge in [-0.05, 0) is 56.0 Å². The molecular weight excluding hydrogens is 483 g/mol. The van der Waals surface area contributed by atoms with Gasteiger partial charge in [0, 0.05) is 45.5 Å². The lowest BCUT2D eigenvalue weighted by Gasteiger charge is -2.34. The van der Waals surface area contributed by atoms with Gasteiger partial charge in [-0.1, -0.05) is 6.92 Å². The second kappa shape index (κ2) is 15.1. The Morgan fingerprint density at radius 2 is 1.96 bits per heavy atom. The average Bonchev–Trinajstić information content (AvgIpc) is 2.72. The van der Waals surface area contributed by atoms with Crippen LogP contribution in [0.3, 0.4) is 0 Å². The third-order valence-electron chi connectivity index (χ3n) is 4.79. The largest absolute Gasteiger partial charge is 0.357 e. The van der Waals surface area contributed by atoms with Crippen LogP contribution < -0.4 is 15.5 Å². The van der Waals surface area contributed by atoms with Crippen LogP contribution in [0.15, 0.2) is 23.3 Å². The molecule has 0 aliphatic carbocycles. The van der Waals surface area contributed by atoms with Crippen molar-refractivity contribution in [2.75, 3.05) is 62.7 Å². The van der Waals surface area contributed by atoms with Crippen molar-refractivity contribution in [1.82, 2.24) is 20.5 Å². The van der Waals surface area contributed by atoms with E-state index in [2.05, 4.69) is 57.7 Å². The van der Waals surface area contributed by atoms with Crippen molar-refractivity contribution in [3.05, 3.63) is 23.9 Å². The average molecular weight is 521 g/mol. The predicted molar refractivity (Wildman–Crippen MR) is 134 cm³/mol. The first-order valence-corrected chi connectivity index (χ1v) is 11.6. The Morgan fingerprint density at radius 1 is 1.18 bits per heavy atom. The molecule has 1 saturated heterocycles. The number of piperazine rings is 1. The lowest BCUT2D eigenvalue weighted by Crippen LogP contribution is -2.46. The molecule has 1 aliphatic rings. The summed E-state index contributed by atoms with van der Waals surface area (Å²) in [5.41, 5.74) is 1.21. The number of hydrogen-bond donors (Lipinski definition) is 2. The molecule has 2 rings (SSSR count). The molecule has 2 N–H and O–H groups in total. The number of halogens is 1. The van der Waals surface area contributed by atoms with E-state index in [-0.39, 0.29) is 24.0 Å². The number of aliphatic imine (C=N–C) groups is 1. The van der Waals surface area contributed by atoms with Gasteiger partial charge in [0.1, 0.15) is 5.82 Å². The Hall–Kier alpha value is -0.740. The van der Waals surface area contributed by atoms with Crippen molar-refractivity contribution in [2.45, 2.75) is 33.2 Å². The molecule has 6 nitrogen and oxygen atoms in total. The van der Waals surface area contributed by atoms with Crippen LogP contribution in [0.1, 0.15) is 32.3 Å². The van der Waals surface area contributed by atoms with Gasteiger partial charge in [0.25, 0.3) is 0 Å². The predicted octanol–water partition coefficient (Wildman–Crippen LogP) is 3.04. The van der Waals surface area contributed by atoms with Crippen LogP contribution >= 0.6 is 35.7 Å². The van der Waals surface area contributed by atoms with Crippen molar-refractivity contribution >= 4 is 47.5 Å². The summed E-state index contributed by atoms with van der Waals surface area (Å²) in [7, 11) is 0. The maximum atomic E-state index is 4.75. The van der Waals surface area contributed by atoms with Gasteiger partial charge in [-0.15, -0.1) is 24.0 Å². The monoisotopic (exact) mass is 520 g/mol. The van der Waals surface area contributed by atoms with Crippen LogP contribution in [0.5, 0.6) is 0 Å². The fraction of sp³-hybridized carbons (Fsp3) is 0.700. The Morgan fingerprint density at radius 3 is 2.64 bits per heavy atom. The molecule has 0 radical (unpaired) electrons. The zero-order valence-electron chi connectivity index (χ0n) is 17.6. The Labute approximate surface area is 192 Å². The summed E-state index contributed by atoms with van der Waals surface area (Å²) >= 11 is 1.91. The van der Waals surface area contributed by atoms with Crippen LogP contribution in [-0.2, 0) is 6.54 Å². The summed E-state index contributed by atoms with van der Waals surface area (Å²) in [5.74, 6) is 3.20. The number of nitrogens with one attached hydrogen (secondary N) is 2. The first kappa shape index (κ1) is 25.3. The summed E-state index contributed by atoms with van der Waals surface area (Å²) in [5, 5.41) is 6.77. The van der Waals surface area contributed by atoms with Crippen LogP contribution in [0.4, 0.5) is 5.82 Å². The van der Waals surface area contributed by atoms with E-state index in [9.17, 15) is 0 Å². The van der Waals surface area contributed by atoms with E-state index < -0.39 is 0 Å². The molecule has 8 heteroatoms. The summed E-state index contributed by atoms with van der Waals surface area (Å²) in [4.78, 5) is 14.2. The highest BCUT2D eigenvalue weighted by Gasteiger charge is 2.16. The Kier molecular flexibility index (Phi) is 13.7. The molecule has 28 heavy (non-hydrogen) atoms. The number of likely N-dealkylation sites (N-methyl/N-ethyl adjacent to an activating group) is 1. The molecule has 0 bridgehead atoms. The van der Waals surface area contributed by atoms with E-state index in [1.807, 2.05) is 18.0 Å². The molecule has 0 atom stereocenters. The van der Waals surface area contributed by atoms with Gasteiger partial charge in [0.15, 0.2) is 5.96 Å². The molecule has 1 fully saturated rings. The number of pyridine rings is 1. The van der Waals surface area contributed by atoms with E-state index in [0.717, 1.165) is 57.6 Å². The lowest BCUT2D eigenvalue weighted by molar-refractivity contribution is 0.270. The summed E-state index contributed by atoms with van der Waals surface area (Å²) in [6.45, 7) is 12.3. The number of rotatable bonds is 10. The van der Waals surface area contributed by atoms with Gasteiger partial charge in [0.05, 0.1) is 6.54 Å². The van der Waals surface area contributed by atoms with E-state index >= 15 is 0 Å². The minimum atomic E-state index is 0. The van der Waals surface area contributed by atoms with Gasteiger partial charge < -0.3 is 20.4 Å². The van der Waals surface area contributed by atoms with Crippen LogP contribution in [-0.4, -0.2) is 73.7 Å². The highest BCUT2D eigenvalue weighted by Crippen LogP contribution is 2.15. The number of unbranched alkanes of at least 4 members (excludes halogenated alkanes) is 1. The first-order valence-electron chi connectivity index (χ1n) is 10.2. The number of anilines is 1. The topological polar surface area (TPSA) is 55.8 Å². The maximum Gasteiger partial charge on any atom is 0.191 e. The van der Waals surface area contributed by atoms with Gasteiger partial charge in [-0.3, -0.25) is 0 Å². The molecule has 0 spiro atoms. The SMILES string of the molecule is CCNC(=NCc1ccnc(N2CCN(CC)CC2)c1)NCCCCSC.I. The van der Waals surface area contributed by atoms with Gasteiger partial charge in [-0.25, -0.2) is 9.98 Å². The molecular formula is C20H37IN6S. The van der Waals surface area contributed by atoms with Crippen LogP contribution in [0, 0.1) is 0 Å². The molecule has 0 amide bonds. The first-order chi connectivity index (χ1) is 13.3. The van der Waals surface area contributed by atoms with Crippen molar-refractivity contribution < 1.29 is 0 Å². The van der Waals surface area contributed by atoms with Crippen molar-refractivity contribution in [2.24, 2.45) is 4.99 Å². The van der Waals surface area contributed by atoms with Gasteiger partial charge >= 0.3 is 0 Å². The van der Waals surface area contributed by atoms with E-state index in [4.69, 9.17) is 4.99 Å². The molecule has 2 heterocycles. The van der Waals surface area contributed by atoms with E-state index in [1.165, 1.54) is 24.2 Å². The van der Waals surface area contributed by atoms with E-state index in [0.29, 0.717) is 6.54 Å². The van der Waals surface area contributed by atoms with E-state index in [1.54, 1.807) is 0 Å². The Bertz CT molecular complexity index is 563.